The molecule has 0 aliphatic carbocycles. The van der Waals surface area contributed by atoms with Gasteiger partial charge in [0.1, 0.15) is 42.3 Å². The number of hydrogen-bond donors (Lipinski definition) is 11. The number of aliphatic carboxylic acids is 2. The van der Waals surface area contributed by atoms with Gasteiger partial charge in [0.2, 0.25) is 41.4 Å². The lowest BCUT2D eigenvalue weighted by atomic mass is 9.97. The first kappa shape index (κ1) is 54.3. The van der Waals surface area contributed by atoms with E-state index < -0.39 is 126 Å². The van der Waals surface area contributed by atoms with Crippen molar-refractivity contribution in [1.82, 2.24) is 46.8 Å². The molecule has 2 aromatic rings. The van der Waals surface area contributed by atoms with E-state index in [1.807, 2.05) is 0 Å². The molecule has 1 aromatic heterocycles. The van der Waals surface area contributed by atoms with Crippen molar-refractivity contribution >= 4 is 65.1 Å². The van der Waals surface area contributed by atoms with Crippen LogP contribution in [0.5, 0.6) is 0 Å². The second kappa shape index (κ2) is 26.8. The van der Waals surface area contributed by atoms with Crippen molar-refractivity contribution in [2.75, 3.05) is 25.2 Å². The van der Waals surface area contributed by atoms with Crippen molar-refractivity contribution in [1.29, 1.82) is 0 Å². The van der Waals surface area contributed by atoms with Crippen molar-refractivity contribution in [3.63, 3.8) is 0 Å². The highest BCUT2D eigenvalue weighted by Crippen LogP contribution is 2.21. The highest BCUT2D eigenvalue weighted by Gasteiger charge is 2.41. The predicted octanol–water partition coefficient (Wildman–Crippen LogP) is -1.57. The highest BCUT2D eigenvalue weighted by molar-refractivity contribution is 7.98. The predicted molar refractivity (Wildman–Crippen MR) is 241 cm³/mol. The molecule has 22 nitrogen and oxygen atoms in total. The molecule has 1 saturated heterocycles. The van der Waals surface area contributed by atoms with E-state index in [1.165, 1.54) is 29.2 Å². The molecule has 1 fully saturated rings. The number of nitrogens with one attached hydrogen (secondary N) is 7. The molecule has 0 bridgehead atoms. The second-order valence-electron chi connectivity index (χ2n) is 16.5. The minimum absolute atomic E-state index is 0.00799. The van der Waals surface area contributed by atoms with E-state index >= 15 is 0 Å². The van der Waals surface area contributed by atoms with Crippen LogP contribution in [0.15, 0.2) is 42.9 Å². The third-order valence-electron chi connectivity index (χ3n) is 11.2. The monoisotopic (exact) mass is 944 g/mol. The number of H-pyrrole nitrogens is 1. The molecule has 1 aliphatic rings. The molecule has 0 unspecified atom stereocenters. The Kier molecular flexibility index (Phi) is 22.0. The van der Waals surface area contributed by atoms with E-state index in [0.29, 0.717) is 29.9 Å². The normalized spacial score (nSPS) is 17.2. The Balaban J connectivity index is 1.78. The highest BCUT2D eigenvalue weighted by atomic mass is 32.2. The molecule has 12 N–H and O–H groups in total. The van der Waals surface area contributed by atoms with Crippen LogP contribution in [0.4, 0.5) is 0 Å². The van der Waals surface area contributed by atoms with Gasteiger partial charge in [-0.25, -0.2) is 9.78 Å². The maximum Gasteiger partial charge on any atom is 0.326 e. The van der Waals surface area contributed by atoms with Crippen molar-refractivity contribution in [2.45, 2.75) is 121 Å². The summed E-state index contributed by atoms with van der Waals surface area (Å²) in [6.07, 6.45) is 4.95. The van der Waals surface area contributed by atoms with Gasteiger partial charge in [-0.3, -0.25) is 38.4 Å². The zero-order valence-corrected chi connectivity index (χ0v) is 38.6. The molecule has 2 heterocycles. The number of aromatic nitrogens is 2. The lowest BCUT2D eigenvalue weighted by molar-refractivity contribution is -0.145. The van der Waals surface area contributed by atoms with Crippen molar-refractivity contribution in [3.05, 3.63) is 54.1 Å². The zero-order chi connectivity index (χ0) is 49.1. The number of carboxylic acids is 2. The largest absolute Gasteiger partial charge is 0.481 e. The van der Waals surface area contributed by atoms with Crippen LogP contribution in [-0.2, 0) is 56.0 Å². The van der Waals surface area contributed by atoms with Crippen LogP contribution >= 0.6 is 11.8 Å². The van der Waals surface area contributed by atoms with Gasteiger partial charge in [0, 0.05) is 31.3 Å². The lowest BCUT2D eigenvalue weighted by Gasteiger charge is -2.31. The van der Waals surface area contributed by atoms with Gasteiger partial charge in [-0.1, -0.05) is 64.4 Å². The number of likely N-dealkylation sites (tertiary alicyclic amines) is 1. The van der Waals surface area contributed by atoms with Crippen LogP contribution in [0.3, 0.4) is 0 Å². The standard InChI is InChI=1S/C43H64N10O12S/c1-6-24(4)35(52-38(59)31(21-54)50-40(61)34(23(2)3)51-37(58)28(14-16-66-5)47-36(57)27(44)19-33(55)56)41(62)48-29(18-26-20-45-22-46-26)42(63)53-15-10-13-32(53)39(60)49-30(43(64)65)17-25-11-8-7-9-12-25/h7-9,11-12,20,22-24,27-32,34-35,54H,6,10,13-19,21,44H2,1-5H3,(H,45,46)(H,47,57)(H,48,62)(H,49,60)(H,50,61)(H,51,58)(H,52,59)(H,55,56)(H,64,65)/t24-,27-,28-,29-,30-,31-,32-,34-,35-/m0/s1. The number of thioether (sulfide) groups is 1. The van der Waals surface area contributed by atoms with E-state index in [2.05, 4.69) is 41.9 Å². The number of imidazole rings is 1. The average molecular weight is 945 g/mol. The molecule has 23 heteroatoms. The number of rotatable bonds is 27. The lowest BCUT2D eigenvalue weighted by Crippen LogP contribution is -2.62. The van der Waals surface area contributed by atoms with Gasteiger partial charge in [0.05, 0.1) is 25.4 Å². The van der Waals surface area contributed by atoms with E-state index in [9.17, 15) is 53.4 Å². The molecule has 1 aromatic carbocycles. The minimum Gasteiger partial charge on any atom is -0.481 e. The summed E-state index contributed by atoms with van der Waals surface area (Å²) < 4.78 is 0. The Hall–Kier alpha value is -6.07. The molecule has 7 amide bonds. The van der Waals surface area contributed by atoms with Crippen molar-refractivity contribution in [3.8, 4) is 0 Å². The fourth-order valence-corrected chi connectivity index (χ4v) is 7.63. The van der Waals surface area contributed by atoms with E-state index in [4.69, 9.17) is 10.8 Å². The quantitative estimate of drug-likeness (QED) is 0.0482. The summed E-state index contributed by atoms with van der Waals surface area (Å²) in [5.41, 5.74) is 6.83. The first-order valence-corrected chi connectivity index (χ1v) is 23.1. The number of carbonyl (C=O) groups is 9. The second-order valence-corrected chi connectivity index (χ2v) is 17.5. The summed E-state index contributed by atoms with van der Waals surface area (Å²) >= 11 is 1.37. The SMILES string of the molecule is CC[C@H](C)[C@H](NC(=O)[C@H](CO)NC(=O)[C@@H](NC(=O)[C@H](CCSC)NC(=O)[C@@H](N)CC(=O)O)C(C)C)C(=O)N[C@@H](Cc1cnc[nH]1)C(=O)N1CCC[C@H]1C(=O)N[C@@H](Cc1ccccc1)C(=O)O. The first-order valence-electron chi connectivity index (χ1n) is 21.7. The number of nitrogens with zero attached hydrogens (tertiary/aromatic N) is 2. The molecule has 0 radical (unpaired) electrons. The Labute approximate surface area is 387 Å². The van der Waals surface area contributed by atoms with Gasteiger partial charge in [-0.15, -0.1) is 0 Å². The van der Waals surface area contributed by atoms with Crippen LogP contribution in [0.2, 0.25) is 0 Å². The van der Waals surface area contributed by atoms with Gasteiger partial charge in [-0.2, -0.15) is 11.8 Å². The summed E-state index contributed by atoms with van der Waals surface area (Å²) in [6, 6.07) is -1.74. The maximum atomic E-state index is 14.3. The summed E-state index contributed by atoms with van der Waals surface area (Å²) in [7, 11) is 0. The van der Waals surface area contributed by atoms with Crippen LogP contribution < -0.4 is 37.6 Å². The molecule has 364 valence electrons. The molecular formula is C43H64N10O12S. The first-order chi connectivity index (χ1) is 31.3. The number of amides is 7. The van der Waals surface area contributed by atoms with Gasteiger partial charge >= 0.3 is 11.9 Å². The third-order valence-corrected chi connectivity index (χ3v) is 11.8. The van der Waals surface area contributed by atoms with E-state index in [0.717, 1.165) is 0 Å². The van der Waals surface area contributed by atoms with E-state index in [-0.39, 0.29) is 32.2 Å². The van der Waals surface area contributed by atoms with Gasteiger partial charge in [0.15, 0.2) is 0 Å². The maximum absolute atomic E-state index is 14.3. The fourth-order valence-electron chi connectivity index (χ4n) is 7.16. The Morgan fingerprint density at radius 1 is 0.818 bits per heavy atom. The van der Waals surface area contributed by atoms with Crippen LogP contribution in [-0.4, -0.2) is 157 Å². The van der Waals surface area contributed by atoms with Gasteiger partial charge in [0.25, 0.3) is 0 Å². The Morgan fingerprint density at radius 2 is 1.44 bits per heavy atom. The smallest absolute Gasteiger partial charge is 0.326 e. The van der Waals surface area contributed by atoms with Crippen LogP contribution in [0, 0.1) is 11.8 Å². The van der Waals surface area contributed by atoms with Crippen molar-refractivity contribution in [2.24, 2.45) is 17.6 Å². The molecule has 0 spiro atoms. The number of hydrogen-bond acceptors (Lipinski definition) is 13. The summed E-state index contributed by atoms with van der Waals surface area (Å²) in [6.45, 7) is 5.86. The number of aliphatic hydroxyl groups is 1. The molecular weight excluding hydrogens is 881 g/mol. The number of aliphatic hydroxyl groups excluding tert-OH is 1. The van der Waals surface area contributed by atoms with Gasteiger partial charge < -0.3 is 62.8 Å². The Morgan fingerprint density at radius 3 is 2.02 bits per heavy atom. The topological polar surface area (TPSA) is 344 Å². The number of aromatic amines is 1. The number of nitrogens with two attached hydrogens (primary N) is 1. The third kappa shape index (κ3) is 16.4. The summed E-state index contributed by atoms with van der Waals surface area (Å²) in [5, 5.41) is 44.6. The van der Waals surface area contributed by atoms with Crippen molar-refractivity contribution < 1.29 is 58.5 Å². The fraction of sp³-hybridized carbons (Fsp3) is 0.581. The van der Waals surface area contributed by atoms with Crippen LogP contribution in [0.25, 0.3) is 0 Å². The number of carbonyl (C=O) groups excluding carboxylic acids is 7. The van der Waals surface area contributed by atoms with Crippen LogP contribution in [0.1, 0.15) is 71.1 Å². The molecule has 1 aliphatic heterocycles. The average Bonchev–Trinajstić information content (AvgIpc) is 4.00. The summed E-state index contributed by atoms with van der Waals surface area (Å²) in [4.78, 5) is 127. The minimum atomic E-state index is -1.63. The molecule has 9 atom stereocenters. The number of carboxylic acid groups (broad SMARTS) is 2. The summed E-state index contributed by atoms with van der Waals surface area (Å²) in [5.74, 6) is -8.91. The Bertz CT molecular complexity index is 1970. The molecule has 66 heavy (non-hydrogen) atoms. The molecule has 0 saturated carbocycles. The van der Waals surface area contributed by atoms with E-state index in [1.54, 1.807) is 64.3 Å². The zero-order valence-electron chi connectivity index (χ0n) is 37.8. The molecule has 3 rings (SSSR count). The number of benzene rings is 1. The van der Waals surface area contributed by atoms with Gasteiger partial charge in [-0.05, 0) is 48.7 Å².